The largest absolute Gasteiger partial charge is 0.477 e. The Morgan fingerprint density at radius 2 is 2.25 bits per heavy atom. The maximum atomic E-state index is 12.3. The predicted molar refractivity (Wildman–Crippen MR) is 74.8 cm³/mol. The predicted octanol–water partition coefficient (Wildman–Crippen LogP) is 1.84. The Hall–Kier alpha value is -1.87. The monoisotopic (exact) mass is 315 g/mol. The lowest BCUT2D eigenvalue weighted by atomic mass is 10.3. The van der Waals surface area contributed by atoms with Crippen molar-refractivity contribution in [1.29, 1.82) is 0 Å². The second kappa shape index (κ2) is 5.25. The number of anilines is 1. The summed E-state index contributed by atoms with van der Waals surface area (Å²) in [7, 11) is -3.97. The number of hydrogen-bond acceptors (Lipinski definition) is 5. The Morgan fingerprint density at radius 1 is 1.55 bits per heavy atom. The Balaban J connectivity index is 2.40. The molecule has 0 amide bonds. The number of rotatable bonds is 5. The summed E-state index contributed by atoms with van der Waals surface area (Å²) in [6.07, 6.45) is 0.687. The number of aromatic nitrogens is 2. The standard InChI is InChI=1S/C11H13N3O4S2/c1-3-7-4-8(13-12-7)14-20(17,18)10-6(2)5-19-9(10)11(15)16/h4-5H,3H2,1-2H3,(H,15,16)(H2,12,13,14). The number of aromatic carboxylic acids is 1. The number of hydrogen-bond donors (Lipinski definition) is 3. The summed E-state index contributed by atoms with van der Waals surface area (Å²) in [5.41, 5.74) is 1.18. The molecule has 0 aliphatic heterocycles. The Bertz CT molecular complexity index is 746. The normalized spacial score (nSPS) is 11.5. The van der Waals surface area contributed by atoms with Crippen molar-refractivity contribution in [1.82, 2.24) is 10.2 Å². The summed E-state index contributed by atoms with van der Waals surface area (Å²) < 4.78 is 26.9. The summed E-state index contributed by atoms with van der Waals surface area (Å²) in [5, 5.41) is 17.1. The van der Waals surface area contributed by atoms with E-state index >= 15 is 0 Å². The molecule has 0 saturated carbocycles. The molecule has 0 saturated heterocycles. The highest BCUT2D eigenvalue weighted by atomic mass is 32.2. The van der Waals surface area contributed by atoms with Crippen LogP contribution in [0.4, 0.5) is 5.82 Å². The third-order valence-electron chi connectivity index (χ3n) is 2.63. The molecule has 0 radical (unpaired) electrons. The van der Waals surface area contributed by atoms with Crippen LogP contribution in [0.5, 0.6) is 0 Å². The molecule has 108 valence electrons. The molecule has 20 heavy (non-hydrogen) atoms. The van der Waals surface area contributed by atoms with Crippen LogP contribution in [0.25, 0.3) is 0 Å². The molecule has 0 aliphatic rings. The van der Waals surface area contributed by atoms with Gasteiger partial charge in [0.25, 0.3) is 10.0 Å². The van der Waals surface area contributed by atoms with Crippen molar-refractivity contribution in [3.05, 3.63) is 27.6 Å². The van der Waals surface area contributed by atoms with E-state index in [1.807, 2.05) is 6.92 Å². The molecule has 0 fully saturated rings. The van der Waals surface area contributed by atoms with Crippen molar-refractivity contribution in [2.45, 2.75) is 25.2 Å². The molecule has 7 nitrogen and oxygen atoms in total. The number of nitrogens with one attached hydrogen (secondary N) is 2. The molecule has 0 unspecified atom stereocenters. The average molecular weight is 315 g/mol. The fraction of sp³-hybridized carbons (Fsp3) is 0.273. The number of sulfonamides is 1. The highest BCUT2D eigenvalue weighted by Crippen LogP contribution is 2.28. The van der Waals surface area contributed by atoms with E-state index in [9.17, 15) is 13.2 Å². The van der Waals surface area contributed by atoms with Crippen molar-refractivity contribution in [2.75, 3.05) is 4.72 Å². The van der Waals surface area contributed by atoms with Gasteiger partial charge in [-0.15, -0.1) is 11.3 Å². The van der Waals surface area contributed by atoms with E-state index in [0.29, 0.717) is 12.0 Å². The SMILES string of the molecule is CCc1cc(NS(=O)(=O)c2c(C)csc2C(=O)O)n[nH]1. The van der Waals surface area contributed by atoms with Crippen molar-refractivity contribution < 1.29 is 18.3 Å². The summed E-state index contributed by atoms with van der Waals surface area (Å²) in [6.45, 7) is 3.46. The lowest BCUT2D eigenvalue weighted by molar-refractivity contribution is 0.0698. The molecular weight excluding hydrogens is 302 g/mol. The van der Waals surface area contributed by atoms with Gasteiger partial charge >= 0.3 is 5.97 Å². The molecule has 2 aromatic heterocycles. The van der Waals surface area contributed by atoms with Crippen LogP contribution in [0.2, 0.25) is 0 Å². The lowest BCUT2D eigenvalue weighted by Gasteiger charge is -2.06. The van der Waals surface area contributed by atoms with Gasteiger partial charge in [0.05, 0.1) is 0 Å². The van der Waals surface area contributed by atoms with Gasteiger partial charge in [-0.2, -0.15) is 5.10 Å². The van der Waals surface area contributed by atoms with Crippen LogP contribution in [0.15, 0.2) is 16.3 Å². The minimum atomic E-state index is -3.97. The van der Waals surface area contributed by atoms with E-state index in [1.165, 1.54) is 5.38 Å². The topological polar surface area (TPSA) is 112 Å². The molecule has 0 atom stereocenters. The van der Waals surface area contributed by atoms with Gasteiger partial charge in [-0.3, -0.25) is 9.82 Å². The van der Waals surface area contributed by atoms with Gasteiger partial charge in [0, 0.05) is 11.8 Å². The quantitative estimate of drug-likeness (QED) is 0.779. The Morgan fingerprint density at radius 3 is 2.80 bits per heavy atom. The van der Waals surface area contributed by atoms with E-state index in [-0.39, 0.29) is 15.6 Å². The van der Waals surface area contributed by atoms with Gasteiger partial charge in [0.1, 0.15) is 9.77 Å². The van der Waals surface area contributed by atoms with E-state index in [0.717, 1.165) is 17.0 Å². The smallest absolute Gasteiger partial charge is 0.347 e. The molecule has 2 rings (SSSR count). The van der Waals surface area contributed by atoms with E-state index in [4.69, 9.17) is 5.11 Å². The molecule has 2 heterocycles. The van der Waals surface area contributed by atoms with Crippen molar-refractivity contribution >= 4 is 33.1 Å². The number of carboxylic acid groups (broad SMARTS) is 1. The first-order valence-electron chi connectivity index (χ1n) is 5.73. The van der Waals surface area contributed by atoms with Crippen LogP contribution in [0.3, 0.4) is 0 Å². The van der Waals surface area contributed by atoms with Gasteiger partial charge in [-0.1, -0.05) is 6.92 Å². The first kappa shape index (κ1) is 14.5. The number of carboxylic acids is 1. The van der Waals surface area contributed by atoms with Crippen LogP contribution in [0, 0.1) is 6.92 Å². The second-order valence-electron chi connectivity index (χ2n) is 4.12. The maximum Gasteiger partial charge on any atom is 0.347 e. The maximum absolute atomic E-state index is 12.3. The van der Waals surface area contributed by atoms with E-state index in [2.05, 4.69) is 14.9 Å². The van der Waals surface area contributed by atoms with Crippen LogP contribution in [0.1, 0.15) is 27.9 Å². The van der Waals surface area contributed by atoms with E-state index in [1.54, 1.807) is 13.0 Å². The molecule has 3 N–H and O–H groups in total. The first-order valence-corrected chi connectivity index (χ1v) is 8.10. The highest BCUT2D eigenvalue weighted by molar-refractivity contribution is 7.93. The molecule has 0 aliphatic carbocycles. The molecule has 0 bridgehead atoms. The fourth-order valence-corrected chi connectivity index (χ4v) is 4.32. The van der Waals surface area contributed by atoms with Crippen molar-refractivity contribution in [3.63, 3.8) is 0 Å². The van der Waals surface area contributed by atoms with Gasteiger partial charge < -0.3 is 5.11 Å². The number of thiophene rings is 1. The average Bonchev–Trinajstić information content (AvgIpc) is 2.95. The number of nitrogens with zero attached hydrogens (tertiary/aromatic N) is 1. The molecule has 0 spiro atoms. The number of carbonyl (C=O) groups is 1. The summed E-state index contributed by atoms with van der Waals surface area (Å²) in [5.74, 6) is -1.12. The minimum absolute atomic E-state index is 0.142. The van der Waals surface area contributed by atoms with Gasteiger partial charge in [0.2, 0.25) is 0 Å². The summed E-state index contributed by atoms with van der Waals surface area (Å²) >= 11 is 0.884. The van der Waals surface area contributed by atoms with Crippen molar-refractivity contribution in [3.8, 4) is 0 Å². The molecule has 0 aromatic carbocycles. The summed E-state index contributed by atoms with van der Waals surface area (Å²) in [6, 6.07) is 1.57. The van der Waals surface area contributed by atoms with Gasteiger partial charge in [-0.05, 0) is 24.3 Å². The first-order chi connectivity index (χ1) is 9.35. The Kier molecular flexibility index (Phi) is 3.82. The Labute approximate surface area is 119 Å². The third kappa shape index (κ3) is 2.68. The zero-order chi connectivity index (χ0) is 14.9. The highest BCUT2D eigenvalue weighted by Gasteiger charge is 2.27. The number of H-pyrrole nitrogens is 1. The lowest BCUT2D eigenvalue weighted by Crippen LogP contribution is -2.16. The van der Waals surface area contributed by atoms with E-state index < -0.39 is 16.0 Å². The van der Waals surface area contributed by atoms with Crippen LogP contribution < -0.4 is 4.72 Å². The third-order valence-corrected chi connectivity index (χ3v) is 5.39. The zero-order valence-electron chi connectivity index (χ0n) is 10.8. The van der Waals surface area contributed by atoms with Gasteiger partial charge in [0.15, 0.2) is 5.82 Å². The van der Waals surface area contributed by atoms with Crippen molar-refractivity contribution in [2.24, 2.45) is 0 Å². The minimum Gasteiger partial charge on any atom is -0.477 e. The van der Waals surface area contributed by atoms with Crippen LogP contribution in [-0.2, 0) is 16.4 Å². The molecule has 9 heteroatoms. The van der Waals surface area contributed by atoms with Crippen LogP contribution >= 0.6 is 11.3 Å². The van der Waals surface area contributed by atoms with Crippen LogP contribution in [-0.4, -0.2) is 29.7 Å². The molecular formula is C11H13N3O4S2. The van der Waals surface area contributed by atoms with Gasteiger partial charge in [-0.25, -0.2) is 13.2 Å². The zero-order valence-corrected chi connectivity index (χ0v) is 12.4. The summed E-state index contributed by atoms with van der Waals surface area (Å²) in [4.78, 5) is 10.7. The fourth-order valence-electron chi connectivity index (χ4n) is 1.70. The number of aromatic amines is 1. The second-order valence-corrected chi connectivity index (χ2v) is 6.62. The number of aryl methyl sites for hydroxylation is 2. The molecule has 2 aromatic rings.